The summed E-state index contributed by atoms with van der Waals surface area (Å²) < 4.78 is 0. The van der Waals surface area contributed by atoms with Crippen molar-refractivity contribution in [2.24, 2.45) is 0 Å². The SMILES string of the molecule is CN(c1ccccn1)c1ccc2cccc(O)c2n1. The molecule has 3 rings (SSSR count). The average molecular weight is 251 g/mol. The molecule has 0 bridgehead atoms. The van der Waals surface area contributed by atoms with Gasteiger partial charge in [0.15, 0.2) is 0 Å². The van der Waals surface area contributed by atoms with Gasteiger partial charge < -0.3 is 10.0 Å². The number of hydrogen-bond acceptors (Lipinski definition) is 4. The molecule has 19 heavy (non-hydrogen) atoms. The molecule has 0 aliphatic rings. The smallest absolute Gasteiger partial charge is 0.141 e. The predicted molar refractivity (Wildman–Crippen MR) is 75.7 cm³/mol. The van der Waals surface area contributed by atoms with E-state index in [-0.39, 0.29) is 5.75 Å². The predicted octanol–water partition coefficient (Wildman–Crippen LogP) is 3.10. The number of pyridine rings is 2. The summed E-state index contributed by atoms with van der Waals surface area (Å²) in [5.41, 5.74) is 0.600. The van der Waals surface area contributed by atoms with Crippen molar-refractivity contribution in [1.82, 2.24) is 9.97 Å². The Morgan fingerprint density at radius 1 is 0.947 bits per heavy atom. The van der Waals surface area contributed by atoms with Crippen LogP contribution in [0, 0.1) is 0 Å². The van der Waals surface area contributed by atoms with Gasteiger partial charge in [-0.2, -0.15) is 0 Å². The van der Waals surface area contributed by atoms with E-state index in [9.17, 15) is 5.11 Å². The zero-order valence-electron chi connectivity index (χ0n) is 10.5. The average Bonchev–Trinajstić information content (AvgIpc) is 2.47. The Morgan fingerprint density at radius 2 is 1.84 bits per heavy atom. The van der Waals surface area contributed by atoms with Crippen LogP contribution in [0.4, 0.5) is 11.6 Å². The van der Waals surface area contributed by atoms with Gasteiger partial charge in [0.05, 0.1) is 0 Å². The van der Waals surface area contributed by atoms with Crippen molar-refractivity contribution in [2.45, 2.75) is 0 Å². The lowest BCUT2D eigenvalue weighted by molar-refractivity contribution is 0.480. The molecule has 3 aromatic rings. The third-order valence-electron chi connectivity index (χ3n) is 3.02. The maximum atomic E-state index is 9.85. The maximum absolute atomic E-state index is 9.85. The number of hydrogen-bond donors (Lipinski definition) is 1. The van der Waals surface area contributed by atoms with Gasteiger partial charge in [-0.1, -0.05) is 18.2 Å². The molecule has 0 aliphatic heterocycles. The van der Waals surface area contributed by atoms with Gasteiger partial charge in [-0.25, -0.2) is 9.97 Å². The van der Waals surface area contributed by atoms with Crippen molar-refractivity contribution in [2.75, 3.05) is 11.9 Å². The molecule has 0 spiro atoms. The van der Waals surface area contributed by atoms with E-state index in [1.807, 2.05) is 54.4 Å². The third kappa shape index (κ3) is 2.08. The second-order valence-corrected chi connectivity index (χ2v) is 4.27. The molecule has 0 aliphatic carbocycles. The number of phenols is 1. The van der Waals surface area contributed by atoms with Crippen LogP contribution in [0.5, 0.6) is 5.75 Å². The highest BCUT2D eigenvalue weighted by molar-refractivity contribution is 5.86. The van der Waals surface area contributed by atoms with Crippen LogP contribution in [-0.4, -0.2) is 22.1 Å². The Morgan fingerprint density at radius 3 is 2.63 bits per heavy atom. The fraction of sp³-hybridized carbons (Fsp3) is 0.0667. The molecule has 4 nitrogen and oxygen atoms in total. The number of phenolic OH excluding ortho intramolecular Hbond substituents is 1. The lowest BCUT2D eigenvalue weighted by atomic mass is 10.2. The van der Waals surface area contributed by atoms with Crippen LogP contribution in [0.1, 0.15) is 0 Å². The maximum Gasteiger partial charge on any atom is 0.141 e. The molecule has 0 radical (unpaired) electrons. The number of aromatic hydroxyl groups is 1. The molecule has 2 heterocycles. The van der Waals surface area contributed by atoms with Crippen LogP contribution in [0.25, 0.3) is 10.9 Å². The van der Waals surface area contributed by atoms with Crippen LogP contribution >= 0.6 is 0 Å². The second-order valence-electron chi connectivity index (χ2n) is 4.27. The summed E-state index contributed by atoms with van der Waals surface area (Å²) in [4.78, 5) is 10.6. The van der Waals surface area contributed by atoms with Crippen LogP contribution in [-0.2, 0) is 0 Å². The highest BCUT2D eigenvalue weighted by Gasteiger charge is 2.08. The fourth-order valence-corrected chi connectivity index (χ4v) is 1.98. The van der Waals surface area contributed by atoms with E-state index < -0.39 is 0 Å². The fourth-order valence-electron chi connectivity index (χ4n) is 1.98. The van der Waals surface area contributed by atoms with Crippen molar-refractivity contribution < 1.29 is 5.11 Å². The minimum Gasteiger partial charge on any atom is -0.506 e. The monoisotopic (exact) mass is 251 g/mol. The Balaban J connectivity index is 2.09. The first-order chi connectivity index (χ1) is 9.25. The third-order valence-corrected chi connectivity index (χ3v) is 3.02. The Hall–Kier alpha value is -2.62. The van der Waals surface area contributed by atoms with E-state index in [0.717, 1.165) is 17.0 Å². The number of nitrogens with zero attached hydrogens (tertiary/aromatic N) is 3. The molecule has 94 valence electrons. The van der Waals surface area contributed by atoms with Crippen LogP contribution in [0.15, 0.2) is 54.7 Å². The summed E-state index contributed by atoms with van der Waals surface area (Å²) in [6, 6.07) is 14.9. The normalized spacial score (nSPS) is 10.6. The molecule has 4 heteroatoms. The number of rotatable bonds is 2. The summed E-state index contributed by atoms with van der Waals surface area (Å²) in [7, 11) is 1.90. The summed E-state index contributed by atoms with van der Waals surface area (Å²) in [5, 5.41) is 10.8. The Bertz CT molecular complexity index is 713. The van der Waals surface area contributed by atoms with Crippen molar-refractivity contribution in [1.29, 1.82) is 0 Å². The zero-order valence-corrected chi connectivity index (χ0v) is 10.5. The van der Waals surface area contributed by atoms with E-state index >= 15 is 0 Å². The van der Waals surface area contributed by atoms with Crippen molar-refractivity contribution in [3.05, 3.63) is 54.7 Å². The van der Waals surface area contributed by atoms with E-state index in [4.69, 9.17) is 0 Å². The molecular formula is C15H13N3O. The van der Waals surface area contributed by atoms with E-state index in [1.165, 1.54) is 0 Å². The van der Waals surface area contributed by atoms with Crippen LogP contribution in [0.3, 0.4) is 0 Å². The molecule has 1 N–H and O–H groups in total. The Kier molecular flexibility index (Phi) is 2.76. The van der Waals surface area contributed by atoms with E-state index in [0.29, 0.717) is 5.52 Å². The molecule has 1 aromatic carbocycles. The zero-order chi connectivity index (χ0) is 13.2. The molecular weight excluding hydrogens is 238 g/mol. The summed E-state index contributed by atoms with van der Waals surface area (Å²) in [6.45, 7) is 0. The quantitative estimate of drug-likeness (QED) is 0.760. The largest absolute Gasteiger partial charge is 0.506 e. The number of para-hydroxylation sites is 1. The number of benzene rings is 1. The molecule has 0 fully saturated rings. The van der Waals surface area contributed by atoms with Crippen molar-refractivity contribution in [3.8, 4) is 5.75 Å². The molecule has 2 aromatic heterocycles. The first-order valence-corrected chi connectivity index (χ1v) is 5.99. The van der Waals surface area contributed by atoms with E-state index in [2.05, 4.69) is 9.97 Å². The Labute approximate surface area is 111 Å². The summed E-state index contributed by atoms with van der Waals surface area (Å²) in [6.07, 6.45) is 1.74. The molecule has 0 saturated carbocycles. The van der Waals surface area contributed by atoms with Crippen LogP contribution < -0.4 is 4.90 Å². The van der Waals surface area contributed by atoms with Gasteiger partial charge >= 0.3 is 0 Å². The summed E-state index contributed by atoms with van der Waals surface area (Å²) >= 11 is 0. The minimum absolute atomic E-state index is 0.189. The molecule has 0 amide bonds. The van der Waals surface area contributed by atoms with Crippen molar-refractivity contribution >= 4 is 22.5 Å². The van der Waals surface area contributed by atoms with Crippen molar-refractivity contribution in [3.63, 3.8) is 0 Å². The summed E-state index contributed by atoms with van der Waals surface area (Å²) in [5.74, 6) is 1.74. The standard InChI is InChI=1S/C15H13N3O/c1-18(13-7-2-3-10-16-13)14-9-8-11-5-4-6-12(19)15(11)17-14/h2-10,19H,1H3. The second kappa shape index (κ2) is 4.57. The van der Waals surface area contributed by atoms with E-state index in [1.54, 1.807) is 12.3 Å². The highest BCUT2D eigenvalue weighted by atomic mass is 16.3. The lowest BCUT2D eigenvalue weighted by Gasteiger charge is -2.17. The van der Waals surface area contributed by atoms with Gasteiger partial charge in [0.25, 0.3) is 0 Å². The first kappa shape index (κ1) is 11.5. The van der Waals surface area contributed by atoms with Gasteiger partial charge in [0.1, 0.15) is 22.9 Å². The van der Waals surface area contributed by atoms with Crippen LogP contribution in [0.2, 0.25) is 0 Å². The number of anilines is 2. The van der Waals surface area contributed by atoms with Gasteiger partial charge in [-0.3, -0.25) is 0 Å². The highest BCUT2D eigenvalue weighted by Crippen LogP contribution is 2.26. The van der Waals surface area contributed by atoms with Gasteiger partial charge in [-0.05, 0) is 30.3 Å². The number of fused-ring (bicyclic) bond motifs is 1. The van der Waals surface area contributed by atoms with Gasteiger partial charge in [-0.15, -0.1) is 0 Å². The molecule has 0 unspecified atom stereocenters. The lowest BCUT2D eigenvalue weighted by Crippen LogP contribution is -2.12. The molecule has 0 saturated heterocycles. The van der Waals surface area contributed by atoms with Gasteiger partial charge in [0, 0.05) is 18.6 Å². The van der Waals surface area contributed by atoms with Gasteiger partial charge in [0.2, 0.25) is 0 Å². The molecule has 0 atom stereocenters. The number of aromatic nitrogens is 2. The first-order valence-electron chi connectivity index (χ1n) is 5.99. The topological polar surface area (TPSA) is 49.2 Å². The minimum atomic E-state index is 0.189.